The van der Waals surface area contributed by atoms with Crippen LogP contribution in [-0.2, 0) is 9.84 Å². The molecule has 2 aromatic rings. The summed E-state index contributed by atoms with van der Waals surface area (Å²) in [6, 6.07) is 11.9. The van der Waals surface area contributed by atoms with Gasteiger partial charge >= 0.3 is 5.76 Å². The van der Waals surface area contributed by atoms with Gasteiger partial charge in [-0.2, -0.15) is 14.0 Å². The summed E-state index contributed by atoms with van der Waals surface area (Å²) in [5, 5.41) is 23.3. The minimum absolute atomic E-state index is 0.0880. The Hall–Kier alpha value is -3.26. The highest BCUT2D eigenvalue weighted by Crippen LogP contribution is 2.31. The van der Waals surface area contributed by atoms with Crippen LogP contribution in [0.3, 0.4) is 0 Å². The zero-order valence-electron chi connectivity index (χ0n) is 15.7. The van der Waals surface area contributed by atoms with Crippen molar-refractivity contribution < 1.29 is 22.1 Å². The molecule has 0 aromatic heterocycles. The SMILES string of the molecule is N#Cc1ccc(N2CCC(Nc3ccc(S(=O)(=O)C(F)F)cc3[N+](=O)[O-])CC2)cc1. The van der Waals surface area contributed by atoms with Gasteiger partial charge in [-0.25, -0.2) is 8.42 Å². The number of nitro groups is 1. The number of nitrogens with one attached hydrogen (secondary N) is 1. The van der Waals surface area contributed by atoms with Gasteiger partial charge in [0.1, 0.15) is 5.69 Å². The van der Waals surface area contributed by atoms with E-state index in [0.717, 1.165) is 17.8 Å². The number of nitro benzene ring substituents is 1. The van der Waals surface area contributed by atoms with Crippen LogP contribution < -0.4 is 10.2 Å². The first-order valence-electron chi connectivity index (χ1n) is 9.04. The predicted molar refractivity (Wildman–Crippen MR) is 106 cm³/mol. The minimum atomic E-state index is -4.92. The van der Waals surface area contributed by atoms with Crippen molar-refractivity contribution in [3.63, 3.8) is 0 Å². The van der Waals surface area contributed by atoms with Gasteiger partial charge in [0.25, 0.3) is 5.69 Å². The summed E-state index contributed by atoms with van der Waals surface area (Å²) in [6.45, 7) is 1.35. The molecule has 2 aromatic carbocycles. The average molecular weight is 436 g/mol. The van der Waals surface area contributed by atoms with E-state index >= 15 is 0 Å². The maximum Gasteiger partial charge on any atom is 0.341 e. The van der Waals surface area contributed by atoms with Crippen LogP contribution in [0.25, 0.3) is 0 Å². The topological polar surface area (TPSA) is 116 Å². The summed E-state index contributed by atoms with van der Waals surface area (Å²) >= 11 is 0. The molecule has 1 aliphatic heterocycles. The number of nitriles is 1. The van der Waals surface area contributed by atoms with Crippen molar-refractivity contribution in [1.82, 2.24) is 0 Å². The molecule has 1 N–H and O–H groups in total. The van der Waals surface area contributed by atoms with Crippen molar-refractivity contribution in [1.29, 1.82) is 5.26 Å². The number of piperidine rings is 1. The summed E-state index contributed by atoms with van der Waals surface area (Å²) in [4.78, 5) is 11.9. The molecule has 1 aliphatic rings. The Morgan fingerprint density at radius 3 is 2.33 bits per heavy atom. The first kappa shape index (κ1) is 21.4. The number of halogens is 2. The molecule has 1 heterocycles. The van der Waals surface area contributed by atoms with Crippen LogP contribution in [0, 0.1) is 21.4 Å². The zero-order valence-corrected chi connectivity index (χ0v) is 16.5. The van der Waals surface area contributed by atoms with E-state index in [1.807, 2.05) is 12.1 Å². The molecule has 30 heavy (non-hydrogen) atoms. The molecule has 0 unspecified atom stereocenters. The Kier molecular flexibility index (Phi) is 6.17. The third-order valence-electron chi connectivity index (χ3n) is 4.95. The zero-order chi connectivity index (χ0) is 21.9. The van der Waals surface area contributed by atoms with Crippen LogP contribution in [0.15, 0.2) is 47.4 Å². The van der Waals surface area contributed by atoms with Gasteiger partial charge in [0.15, 0.2) is 0 Å². The van der Waals surface area contributed by atoms with E-state index in [2.05, 4.69) is 16.3 Å². The van der Waals surface area contributed by atoms with E-state index < -0.39 is 31.1 Å². The van der Waals surface area contributed by atoms with Crippen molar-refractivity contribution in [2.75, 3.05) is 23.3 Å². The first-order chi connectivity index (χ1) is 14.2. The lowest BCUT2D eigenvalue weighted by atomic mass is 10.0. The van der Waals surface area contributed by atoms with Crippen molar-refractivity contribution in [2.45, 2.75) is 29.5 Å². The molecule has 1 saturated heterocycles. The minimum Gasteiger partial charge on any atom is -0.377 e. The van der Waals surface area contributed by atoms with Crippen LogP contribution in [0.2, 0.25) is 0 Å². The fourth-order valence-corrected chi connectivity index (χ4v) is 4.05. The number of alkyl halides is 2. The molecule has 0 radical (unpaired) electrons. The second-order valence-electron chi connectivity index (χ2n) is 6.81. The van der Waals surface area contributed by atoms with Crippen molar-refractivity contribution in [3.05, 3.63) is 58.1 Å². The molecule has 3 rings (SSSR count). The van der Waals surface area contributed by atoms with Crippen LogP contribution in [-0.4, -0.2) is 38.2 Å². The van der Waals surface area contributed by atoms with Crippen LogP contribution in [0.4, 0.5) is 25.8 Å². The Bertz CT molecular complexity index is 1080. The number of hydrogen-bond donors (Lipinski definition) is 1. The molecule has 1 fully saturated rings. The van der Waals surface area contributed by atoms with Gasteiger partial charge < -0.3 is 10.2 Å². The van der Waals surface area contributed by atoms with Gasteiger partial charge in [-0.1, -0.05) is 0 Å². The van der Waals surface area contributed by atoms with Gasteiger partial charge in [0.2, 0.25) is 9.84 Å². The monoisotopic (exact) mass is 436 g/mol. The van der Waals surface area contributed by atoms with Crippen LogP contribution in [0.1, 0.15) is 18.4 Å². The third kappa shape index (κ3) is 4.49. The second-order valence-corrected chi connectivity index (χ2v) is 8.72. The lowest BCUT2D eigenvalue weighted by molar-refractivity contribution is -0.384. The number of nitrogens with zero attached hydrogens (tertiary/aromatic N) is 3. The summed E-state index contributed by atoms with van der Waals surface area (Å²) in [6.07, 6.45) is 1.32. The number of sulfone groups is 1. The van der Waals surface area contributed by atoms with Crippen molar-refractivity contribution in [2.24, 2.45) is 0 Å². The van der Waals surface area contributed by atoms with Crippen molar-refractivity contribution >= 4 is 26.9 Å². The molecule has 0 atom stereocenters. The van der Waals surface area contributed by atoms with E-state index in [4.69, 9.17) is 5.26 Å². The lowest BCUT2D eigenvalue weighted by Gasteiger charge is -2.34. The lowest BCUT2D eigenvalue weighted by Crippen LogP contribution is -2.39. The molecule has 0 spiro atoms. The van der Waals surface area contributed by atoms with Gasteiger partial charge in [-0.05, 0) is 49.2 Å². The normalized spacial score (nSPS) is 15.1. The summed E-state index contributed by atoms with van der Waals surface area (Å²) in [5.41, 5.74) is 1.07. The summed E-state index contributed by atoms with van der Waals surface area (Å²) < 4.78 is 48.7. The van der Waals surface area contributed by atoms with Crippen LogP contribution >= 0.6 is 0 Å². The van der Waals surface area contributed by atoms with Gasteiger partial charge in [0, 0.05) is 30.9 Å². The number of benzene rings is 2. The van der Waals surface area contributed by atoms with E-state index in [1.54, 1.807) is 12.1 Å². The van der Waals surface area contributed by atoms with Gasteiger partial charge in [-0.15, -0.1) is 0 Å². The molecule has 8 nitrogen and oxygen atoms in total. The predicted octanol–water partition coefficient (Wildman–Crippen LogP) is 3.54. The molecular formula is C19H18F2N4O4S. The Morgan fingerprint density at radius 2 is 1.80 bits per heavy atom. The summed E-state index contributed by atoms with van der Waals surface area (Å²) in [7, 11) is -4.92. The maximum absolute atomic E-state index is 12.7. The highest BCUT2D eigenvalue weighted by Gasteiger charge is 2.30. The smallest absolute Gasteiger partial charge is 0.341 e. The van der Waals surface area contributed by atoms with Crippen molar-refractivity contribution in [3.8, 4) is 6.07 Å². The quantitative estimate of drug-likeness (QED) is 0.544. The standard InChI is InChI=1S/C19H18F2N4O4S/c20-19(21)30(28,29)16-5-6-17(18(11-16)25(26)27)23-14-7-9-24(10-8-14)15-3-1-13(12-22)2-4-15/h1-6,11,14,19,23H,7-10H2. The van der Waals surface area contributed by atoms with Gasteiger partial charge in [0.05, 0.1) is 21.5 Å². The Balaban J connectivity index is 1.71. The largest absolute Gasteiger partial charge is 0.377 e. The highest BCUT2D eigenvalue weighted by molar-refractivity contribution is 7.91. The maximum atomic E-state index is 12.7. The highest BCUT2D eigenvalue weighted by atomic mass is 32.2. The van der Waals surface area contributed by atoms with E-state index in [1.165, 1.54) is 0 Å². The average Bonchev–Trinajstić information content (AvgIpc) is 2.74. The number of hydrogen-bond acceptors (Lipinski definition) is 7. The molecule has 0 aliphatic carbocycles. The molecule has 11 heteroatoms. The first-order valence-corrected chi connectivity index (χ1v) is 10.6. The molecule has 158 valence electrons. The molecular weight excluding hydrogens is 418 g/mol. The van der Waals surface area contributed by atoms with E-state index in [-0.39, 0.29) is 11.7 Å². The van der Waals surface area contributed by atoms with Crippen LogP contribution in [0.5, 0.6) is 0 Å². The molecule has 0 bridgehead atoms. The molecule has 0 saturated carbocycles. The molecule has 0 amide bonds. The Labute approximate surface area is 171 Å². The number of anilines is 2. The Morgan fingerprint density at radius 1 is 1.17 bits per heavy atom. The second kappa shape index (κ2) is 8.62. The third-order valence-corrected chi connectivity index (χ3v) is 6.33. The number of rotatable bonds is 6. The van der Waals surface area contributed by atoms with E-state index in [0.29, 0.717) is 37.6 Å². The van der Waals surface area contributed by atoms with Gasteiger partial charge in [-0.3, -0.25) is 10.1 Å². The summed E-state index contributed by atoms with van der Waals surface area (Å²) in [5.74, 6) is -3.65. The van der Waals surface area contributed by atoms with E-state index in [9.17, 15) is 27.3 Å². The fourth-order valence-electron chi connectivity index (χ4n) is 3.31. The fraction of sp³-hybridized carbons (Fsp3) is 0.316.